The first-order valence-electron chi connectivity index (χ1n) is 8.96. The van der Waals surface area contributed by atoms with Crippen molar-refractivity contribution in [2.45, 2.75) is 19.4 Å². The maximum atomic E-state index is 12.5. The van der Waals surface area contributed by atoms with Crippen LogP contribution in [-0.2, 0) is 14.4 Å². The van der Waals surface area contributed by atoms with E-state index < -0.39 is 36.2 Å². The molecule has 0 spiro atoms. The van der Waals surface area contributed by atoms with Crippen molar-refractivity contribution >= 4 is 52.4 Å². The number of hydrazone groups is 1. The molecule has 0 radical (unpaired) electrons. The molecule has 11 heteroatoms. The average Bonchev–Trinajstić information content (AvgIpc) is 3.00. The van der Waals surface area contributed by atoms with Crippen LogP contribution in [0.1, 0.15) is 23.7 Å². The first-order valence-corrected chi connectivity index (χ1v) is 9.34. The van der Waals surface area contributed by atoms with Crippen LogP contribution < -0.4 is 5.32 Å². The summed E-state index contributed by atoms with van der Waals surface area (Å²) in [5.74, 6) is -3.25. The van der Waals surface area contributed by atoms with Crippen LogP contribution in [0.4, 0.5) is 11.4 Å². The van der Waals surface area contributed by atoms with E-state index in [4.69, 9.17) is 16.7 Å². The van der Waals surface area contributed by atoms with Crippen molar-refractivity contribution in [2.24, 2.45) is 15.3 Å². The number of nitrogens with zero attached hydrogens (tertiary/aromatic N) is 4. The van der Waals surface area contributed by atoms with Gasteiger partial charge in [0.05, 0.1) is 17.0 Å². The smallest absolute Gasteiger partial charge is 0.335 e. The zero-order valence-electron chi connectivity index (χ0n) is 16.2. The summed E-state index contributed by atoms with van der Waals surface area (Å²) in [6, 6.07) is 10.9. The molecule has 3 rings (SSSR count). The second-order valence-corrected chi connectivity index (χ2v) is 6.93. The number of nitrogens with one attached hydrogen (secondary N) is 1. The fourth-order valence-electron chi connectivity index (χ4n) is 2.65. The molecule has 1 atom stereocenters. The van der Waals surface area contributed by atoms with Gasteiger partial charge in [0.1, 0.15) is 6.42 Å². The van der Waals surface area contributed by atoms with Gasteiger partial charge < -0.3 is 10.4 Å². The predicted molar refractivity (Wildman–Crippen MR) is 111 cm³/mol. The van der Waals surface area contributed by atoms with E-state index >= 15 is 0 Å². The van der Waals surface area contributed by atoms with Gasteiger partial charge in [-0.1, -0.05) is 17.7 Å². The van der Waals surface area contributed by atoms with Crippen LogP contribution in [-0.4, -0.2) is 45.6 Å². The van der Waals surface area contributed by atoms with E-state index in [1.165, 1.54) is 37.3 Å². The summed E-state index contributed by atoms with van der Waals surface area (Å²) >= 11 is 5.85. The molecule has 31 heavy (non-hydrogen) atoms. The molecule has 2 aromatic rings. The van der Waals surface area contributed by atoms with E-state index in [0.29, 0.717) is 21.4 Å². The number of carbonyl (C=O) groups is 4. The van der Waals surface area contributed by atoms with Crippen molar-refractivity contribution in [1.29, 1.82) is 0 Å². The lowest BCUT2D eigenvalue weighted by Gasteiger charge is -2.11. The van der Waals surface area contributed by atoms with Crippen LogP contribution in [0.2, 0.25) is 5.02 Å². The van der Waals surface area contributed by atoms with Gasteiger partial charge in [0, 0.05) is 10.7 Å². The largest absolute Gasteiger partial charge is 0.478 e. The molecular formula is C20H16ClN5O5. The second-order valence-electron chi connectivity index (χ2n) is 6.49. The van der Waals surface area contributed by atoms with Crippen molar-refractivity contribution in [2.75, 3.05) is 5.32 Å². The Balaban J connectivity index is 1.62. The Morgan fingerprint density at radius 2 is 1.90 bits per heavy atom. The van der Waals surface area contributed by atoms with Crippen molar-refractivity contribution in [3.63, 3.8) is 0 Å². The number of azo groups is 1. The van der Waals surface area contributed by atoms with Crippen molar-refractivity contribution in [3.05, 3.63) is 59.1 Å². The Hall–Kier alpha value is -3.92. The van der Waals surface area contributed by atoms with Crippen LogP contribution in [0.25, 0.3) is 0 Å². The predicted octanol–water partition coefficient (Wildman–Crippen LogP) is 3.26. The minimum Gasteiger partial charge on any atom is -0.478 e. The molecule has 0 aliphatic carbocycles. The quantitative estimate of drug-likeness (QED) is 0.522. The number of carboxylic acid groups (broad SMARTS) is 1. The number of aromatic carboxylic acids is 1. The topological polar surface area (TPSA) is 141 Å². The van der Waals surface area contributed by atoms with E-state index in [1.807, 2.05) is 0 Å². The Kier molecular flexibility index (Phi) is 6.51. The van der Waals surface area contributed by atoms with E-state index in [0.717, 1.165) is 0 Å². The molecular weight excluding hydrogens is 426 g/mol. The molecule has 1 aliphatic rings. The van der Waals surface area contributed by atoms with Gasteiger partial charge in [-0.05, 0) is 49.4 Å². The van der Waals surface area contributed by atoms with Crippen molar-refractivity contribution in [1.82, 2.24) is 5.01 Å². The average molecular weight is 442 g/mol. The van der Waals surface area contributed by atoms with E-state index in [9.17, 15) is 19.2 Å². The highest BCUT2D eigenvalue weighted by Gasteiger charge is 2.38. The molecule has 2 aromatic carbocycles. The maximum Gasteiger partial charge on any atom is 0.335 e. The molecule has 1 aliphatic heterocycles. The zero-order chi connectivity index (χ0) is 22.5. The molecule has 0 fully saturated rings. The minimum absolute atomic E-state index is 0.0847. The molecule has 10 nitrogen and oxygen atoms in total. The number of rotatable bonds is 6. The number of carbonyl (C=O) groups excluding carboxylic acids is 3. The monoisotopic (exact) mass is 441 g/mol. The van der Waals surface area contributed by atoms with Gasteiger partial charge in [-0.25, -0.2) is 4.79 Å². The summed E-state index contributed by atoms with van der Waals surface area (Å²) in [7, 11) is 0. The van der Waals surface area contributed by atoms with Crippen molar-refractivity contribution in [3.8, 4) is 0 Å². The third-order valence-corrected chi connectivity index (χ3v) is 4.39. The molecule has 0 aromatic heterocycles. The molecule has 0 saturated carbocycles. The number of carboxylic acids is 1. The summed E-state index contributed by atoms with van der Waals surface area (Å²) in [5, 5.41) is 24.2. The van der Waals surface area contributed by atoms with Crippen molar-refractivity contribution < 1.29 is 24.3 Å². The van der Waals surface area contributed by atoms with Crippen LogP contribution in [0, 0.1) is 0 Å². The van der Waals surface area contributed by atoms with Crippen LogP contribution in [0.15, 0.2) is 63.9 Å². The number of anilines is 1. The Bertz CT molecular complexity index is 1110. The number of hydrogen-bond donors (Lipinski definition) is 2. The lowest BCUT2D eigenvalue weighted by Crippen LogP contribution is -2.36. The zero-order valence-corrected chi connectivity index (χ0v) is 16.9. The van der Waals surface area contributed by atoms with E-state index in [2.05, 4.69) is 20.6 Å². The molecule has 158 valence electrons. The van der Waals surface area contributed by atoms with Gasteiger partial charge >= 0.3 is 5.97 Å². The molecule has 1 heterocycles. The summed E-state index contributed by atoms with van der Waals surface area (Å²) in [4.78, 5) is 47.9. The van der Waals surface area contributed by atoms with Crippen LogP contribution in [0.3, 0.4) is 0 Å². The summed E-state index contributed by atoms with van der Waals surface area (Å²) in [6.07, 6.45) is -0.602. The summed E-state index contributed by atoms with van der Waals surface area (Å²) < 4.78 is 0. The molecule has 0 unspecified atom stereocenters. The Morgan fingerprint density at radius 3 is 2.55 bits per heavy atom. The van der Waals surface area contributed by atoms with Gasteiger partial charge in [0.15, 0.2) is 6.04 Å². The lowest BCUT2D eigenvalue weighted by atomic mass is 10.2. The number of amides is 3. The molecule has 0 bridgehead atoms. The van der Waals surface area contributed by atoms with Crippen LogP contribution in [0.5, 0.6) is 0 Å². The first-order chi connectivity index (χ1) is 14.7. The first kappa shape index (κ1) is 21.8. The summed E-state index contributed by atoms with van der Waals surface area (Å²) in [6.45, 7) is 1.51. The third kappa shape index (κ3) is 5.37. The second kappa shape index (κ2) is 9.26. The van der Waals surface area contributed by atoms with E-state index in [-0.39, 0.29) is 11.3 Å². The normalized spacial score (nSPS) is 15.8. The Labute approximate surface area is 181 Å². The molecule has 2 N–H and O–H groups in total. The number of hydrogen-bond acceptors (Lipinski definition) is 7. The highest BCUT2D eigenvalue weighted by Crippen LogP contribution is 2.19. The van der Waals surface area contributed by atoms with Gasteiger partial charge in [-0.2, -0.15) is 20.3 Å². The maximum absolute atomic E-state index is 12.5. The number of halogens is 1. The standard InChI is InChI=1S/C20H16ClN5O5/c1-11-18(24-23-14-7-5-12(6-8-14)20(30)31)19(29)26(25-11)17(28)10-16(27)22-15-4-2-3-13(21)9-15/h2-9,18H,10H2,1H3,(H,22,27)(H,30,31)/t18-/m0/s1. The van der Waals surface area contributed by atoms with Gasteiger partial charge in [-0.15, -0.1) is 0 Å². The SMILES string of the molecule is CC1=NN(C(=O)CC(=O)Nc2cccc(Cl)c2)C(=O)[C@H]1N=Nc1ccc(C(=O)O)cc1. The van der Waals surface area contributed by atoms with Crippen LogP contribution >= 0.6 is 11.6 Å². The van der Waals surface area contributed by atoms with Gasteiger partial charge in [0.2, 0.25) is 5.91 Å². The van der Waals surface area contributed by atoms with Gasteiger partial charge in [0.25, 0.3) is 11.8 Å². The third-order valence-electron chi connectivity index (χ3n) is 4.16. The Morgan fingerprint density at radius 1 is 1.19 bits per heavy atom. The fourth-order valence-corrected chi connectivity index (χ4v) is 2.84. The van der Waals surface area contributed by atoms with E-state index in [1.54, 1.807) is 18.2 Å². The highest BCUT2D eigenvalue weighted by molar-refractivity contribution is 6.31. The number of imide groups is 1. The summed E-state index contributed by atoms with van der Waals surface area (Å²) in [5.41, 5.74) is 1.07. The molecule has 0 saturated heterocycles. The van der Waals surface area contributed by atoms with Gasteiger partial charge in [-0.3, -0.25) is 14.4 Å². The minimum atomic E-state index is -1.11. The molecule has 3 amide bonds. The number of benzene rings is 2. The fraction of sp³-hybridized carbons (Fsp3) is 0.150. The highest BCUT2D eigenvalue weighted by atomic mass is 35.5. The lowest BCUT2D eigenvalue weighted by molar-refractivity contribution is -0.144.